The van der Waals surface area contributed by atoms with Gasteiger partial charge in [-0.2, -0.15) is 0 Å². The normalized spacial score (nSPS) is 16.6. The van der Waals surface area contributed by atoms with Crippen LogP contribution in [0.4, 0.5) is 4.79 Å². The third-order valence-corrected chi connectivity index (χ3v) is 5.42. The molecule has 3 amide bonds. The highest BCUT2D eigenvalue weighted by atomic mass is 16.6. The number of aromatic amines is 1. The van der Waals surface area contributed by atoms with Crippen LogP contribution in [0.2, 0.25) is 0 Å². The number of nitrogens with two attached hydrogens (primary N) is 1. The van der Waals surface area contributed by atoms with Crippen LogP contribution in [-0.2, 0) is 36.8 Å². The van der Waals surface area contributed by atoms with Gasteiger partial charge in [0.25, 0.3) is 0 Å². The molecule has 1 aromatic carbocycles. The van der Waals surface area contributed by atoms with Crippen molar-refractivity contribution in [2.45, 2.75) is 64.3 Å². The van der Waals surface area contributed by atoms with Crippen LogP contribution in [0.15, 0.2) is 24.3 Å². The smallest absolute Gasteiger partial charge is 0.411 e. The van der Waals surface area contributed by atoms with Gasteiger partial charge >= 0.3 is 12.1 Å². The molecule has 0 aliphatic carbocycles. The number of amides is 3. The first kappa shape index (κ1) is 24.1. The van der Waals surface area contributed by atoms with E-state index in [0.717, 1.165) is 22.2 Å². The van der Waals surface area contributed by atoms with E-state index in [4.69, 9.17) is 15.2 Å². The van der Waals surface area contributed by atoms with Crippen molar-refractivity contribution >= 4 is 34.8 Å². The Morgan fingerprint density at radius 3 is 2.58 bits per heavy atom. The largest absolute Gasteiger partial charge is 0.467 e. The molecule has 2 heterocycles. The number of para-hydroxylation sites is 1. The molecule has 0 fully saturated rings. The SMILES string of the molecule is COC(=O)[C@H](CCC(N)=O)NC(=O)[C@@H]1Cc2c([nH]c3ccccc23)CN1C(=O)OC(C)(C)C. The van der Waals surface area contributed by atoms with Gasteiger partial charge in [0, 0.05) is 29.4 Å². The summed E-state index contributed by atoms with van der Waals surface area (Å²) in [5.74, 6) is -1.84. The summed E-state index contributed by atoms with van der Waals surface area (Å²) < 4.78 is 10.3. The third-order valence-electron chi connectivity index (χ3n) is 5.42. The van der Waals surface area contributed by atoms with Crippen molar-refractivity contribution in [1.82, 2.24) is 15.2 Å². The predicted octanol–water partition coefficient (Wildman–Crippen LogP) is 1.75. The van der Waals surface area contributed by atoms with Crippen molar-refractivity contribution in [3.8, 4) is 0 Å². The lowest BCUT2D eigenvalue weighted by Crippen LogP contribution is -2.56. The Kier molecular flexibility index (Phi) is 6.95. The van der Waals surface area contributed by atoms with E-state index >= 15 is 0 Å². The van der Waals surface area contributed by atoms with E-state index in [-0.39, 0.29) is 25.8 Å². The highest BCUT2D eigenvalue weighted by Gasteiger charge is 2.39. The molecule has 33 heavy (non-hydrogen) atoms. The van der Waals surface area contributed by atoms with E-state index in [1.54, 1.807) is 20.8 Å². The van der Waals surface area contributed by atoms with Gasteiger partial charge in [0.15, 0.2) is 0 Å². The lowest BCUT2D eigenvalue weighted by Gasteiger charge is -2.36. The molecule has 0 saturated heterocycles. The number of hydrogen-bond donors (Lipinski definition) is 3. The summed E-state index contributed by atoms with van der Waals surface area (Å²) in [4.78, 5) is 54.4. The van der Waals surface area contributed by atoms with E-state index in [1.807, 2.05) is 24.3 Å². The summed E-state index contributed by atoms with van der Waals surface area (Å²) in [7, 11) is 1.19. The fourth-order valence-electron chi connectivity index (χ4n) is 3.90. The molecular weight excluding hydrogens is 428 g/mol. The second-order valence-electron chi connectivity index (χ2n) is 9.05. The van der Waals surface area contributed by atoms with E-state index < -0.39 is 41.6 Å². The van der Waals surface area contributed by atoms with Crippen LogP contribution in [0.25, 0.3) is 10.9 Å². The van der Waals surface area contributed by atoms with Crippen LogP contribution in [0.5, 0.6) is 0 Å². The number of primary amides is 1. The van der Waals surface area contributed by atoms with Gasteiger partial charge in [-0.05, 0) is 38.8 Å². The number of rotatable bonds is 6. The molecule has 2 atom stereocenters. The van der Waals surface area contributed by atoms with Crippen LogP contribution >= 0.6 is 0 Å². The molecule has 1 aromatic heterocycles. The number of methoxy groups -OCH3 is 1. The Morgan fingerprint density at radius 2 is 1.94 bits per heavy atom. The minimum atomic E-state index is -1.07. The first-order valence-electron chi connectivity index (χ1n) is 10.7. The summed E-state index contributed by atoms with van der Waals surface area (Å²) in [5.41, 5.74) is 7.09. The van der Waals surface area contributed by atoms with E-state index in [2.05, 4.69) is 10.3 Å². The maximum atomic E-state index is 13.3. The molecule has 10 heteroatoms. The van der Waals surface area contributed by atoms with Gasteiger partial charge < -0.3 is 25.5 Å². The number of esters is 1. The second-order valence-corrected chi connectivity index (χ2v) is 9.05. The highest BCUT2D eigenvalue weighted by molar-refractivity contribution is 5.92. The summed E-state index contributed by atoms with van der Waals surface area (Å²) in [6.45, 7) is 5.38. The molecule has 0 spiro atoms. The van der Waals surface area contributed by atoms with Gasteiger partial charge in [-0.15, -0.1) is 0 Å². The Labute approximate surface area is 191 Å². The molecule has 0 unspecified atom stereocenters. The standard InChI is InChI=1S/C23H30N4O6/c1-23(2,3)33-22(31)27-12-17-14(13-7-5-6-8-15(13)25-17)11-18(27)20(29)26-16(21(30)32-4)9-10-19(24)28/h5-8,16,18,25H,9-12H2,1-4H3,(H2,24,28)(H,26,29)/t16-,18-/m0/s1. The minimum Gasteiger partial charge on any atom is -0.467 e. The lowest BCUT2D eigenvalue weighted by molar-refractivity contribution is -0.146. The van der Waals surface area contributed by atoms with Crippen LogP contribution in [0.1, 0.15) is 44.9 Å². The Balaban J connectivity index is 1.92. The van der Waals surface area contributed by atoms with Crippen molar-refractivity contribution in [2.24, 2.45) is 5.73 Å². The average Bonchev–Trinajstić information content (AvgIpc) is 3.11. The summed E-state index contributed by atoms with van der Waals surface area (Å²) in [6, 6.07) is 5.69. The number of ether oxygens (including phenoxy) is 2. The van der Waals surface area contributed by atoms with Gasteiger partial charge in [-0.25, -0.2) is 9.59 Å². The zero-order valence-corrected chi connectivity index (χ0v) is 19.3. The number of nitrogens with one attached hydrogen (secondary N) is 2. The van der Waals surface area contributed by atoms with Gasteiger partial charge in [-0.1, -0.05) is 18.2 Å². The molecule has 4 N–H and O–H groups in total. The number of benzene rings is 1. The number of nitrogens with zero attached hydrogens (tertiary/aromatic N) is 1. The van der Waals surface area contributed by atoms with Crippen molar-refractivity contribution in [3.63, 3.8) is 0 Å². The molecule has 178 valence electrons. The molecule has 2 aromatic rings. The van der Waals surface area contributed by atoms with Crippen LogP contribution in [0.3, 0.4) is 0 Å². The summed E-state index contributed by atoms with van der Waals surface area (Å²) in [6.07, 6.45) is -0.523. The maximum absolute atomic E-state index is 13.3. The minimum absolute atomic E-state index is 0.00869. The lowest BCUT2D eigenvalue weighted by atomic mass is 9.96. The molecule has 0 bridgehead atoms. The number of hydrogen-bond acceptors (Lipinski definition) is 6. The van der Waals surface area contributed by atoms with Gasteiger partial charge in [0.2, 0.25) is 11.8 Å². The van der Waals surface area contributed by atoms with E-state index in [1.165, 1.54) is 12.0 Å². The fourth-order valence-corrected chi connectivity index (χ4v) is 3.90. The van der Waals surface area contributed by atoms with Crippen molar-refractivity contribution in [3.05, 3.63) is 35.5 Å². The van der Waals surface area contributed by atoms with Gasteiger partial charge in [-0.3, -0.25) is 14.5 Å². The molecular formula is C23H30N4O6. The van der Waals surface area contributed by atoms with Crippen molar-refractivity contribution < 1.29 is 28.7 Å². The topological polar surface area (TPSA) is 144 Å². The molecule has 10 nitrogen and oxygen atoms in total. The molecule has 0 radical (unpaired) electrons. The zero-order valence-electron chi connectivity index (χ0n) is 19.3. The molecule has 1 aliphatic rings. The maximum Gasteiger partial charge on any atom is 0.411 e. The number of aromatic nitrogens is 1. The average molecular weight is 459 g/mol. The molecule has 0 saturated carbocycles. The van der Waals surface area contributed by atoms with E-state index in [9.17, 15) is 19.2 Å². The third kappa shape index (κ3) is 5.63. The summed E-state index contributed by atoms with van der Waals surface area (Å²) in [5, 5.41) is 3.60. The second kappa shape index (κ2) is 9.51. The first-order valence-corrected chi connectivity index (χ1v) is 10.7. The van der Waals surface area contributed by atoms with Crippen LogP contribution < -0.4 is 11.1 Å². The Bertz CT molecular complexity index is 1070. The molecule has 3 rings (SSSR count). The number of fused-ring (bicyclic) bond motifs is 3. The predicted molar refractivity (Wildman–Crippen MR) is 120 cm³/mol. The van der Waals surface area contributed by atoms with Gasteiger partial charge in [0.1, 0.15) is 17.7 Å². The monoisotopic (exact) mass is 458 g/mol. The summed E-state index contributed by atoms with van der Waals surface area (Å²) >= 11 is 0. The Hall–Kier alpha value is -3.56. The fraction of sp³-hybridized carbons (Fsp3) is 0.478. The number of carbonyl (C=O) groups is 4. The van der Waals surface area contributed by atoms with Crippen molar-refractivity contribution in [2.75, 3.05) is 7.11 Å². The van der Waals surface area contributed by atoms with Crippen molar-refractivity contribution in [1.29, 1.82) is 0 Å². The van der Waals surface area contributed by atoms with E-state index in [0.29, 0.717) is 0 Å². The van der Waals surface area contributed by atoms with Gasteiger partial charge in [0.05, 0.1) is 13.7 Å². The highest BCUT2D eigenvalue weighted by Crippen LogP contribution is 2.31. The number of H-pyrrole nitrogens is 1. The quantitative estimate of drug-likeness (QED) is 0.563. The molecule has 1 aliphatic heterocycles. The first-order chi connectivity index (χ1) is 15.5. The van der Waals surface area contributed by atoms with Crippen LogP contribution in [0, 0.1) is 0 Å². The number of carbonyl (C=O) groups excluding carboxylic acids is 4. The van der Waals surface area contributed by atoms with Crippen LogP contribution in [-0.4, -0.2) is 58.6 Å². The Morgan fingerprint density at radius 1 is 1.24 bits per heavy atom. The zero-order chi connectivity index (χ0) is 24.3.